The van der Waals surface area contributed by atoms with E-state index in [1.54, 1.807) is 6.26 Å². The lowest BCUT2D eigenvalue weighted by molar-refractivity contribution is 0.0389. The molecule has 1 aromatic rings. The monoisotopic (exact) mass is 494 g/mol. The van der Waals surface area contributed by atoms with Crippen LogP contribution in [0.15, 0.2) is 27.8 Å². The molecule has 2 aliphatic rings. The van der Waals surface area contributed by atoms with Crippen LogP contribution < -0.4 is 10.6 Å². The molecule has 2 saturated heterocycles. The second-order valence-electron chi connectivity index (χ2n) is 6.46. The Kier molecular flexibility index (Phi) is 10.8. The normalized spacial score (nSPS) is 21.4. The van der Waals surface area contributed by atoms with Gasteiger partial charge in [-0.15, -0.1) is 24.0 Å². The van der Waals surface area contributed by atoms with Gasteiger partial charge in [-0.25, -0.2) is 0 Å². The summed E-state index contributed by atoms with van der Waals surface area (Å²) in [6, 6.07) is 3.95. The van der Waals surface area contributed by atoms with Crippen molar-refractivity contribution in [2.24, 2.45) is 4.99 Å². The lowest BCUT2D eigenvalue weighted by Crippen LogP contribution is -2.45. The summed E-state index contributed by atoms with van der Waals surface area (Å²) >= 11 is 2.05. The maximum absolute atomic E-state index is 5.40. The van der Waals surface area contributed by atoms with Gasteiger partial charge in [-0.1, -0.05) is 0 Å². The minimum Gasteiger partial charge on any atom is -0.469 e. The number of aliphatic imine (C=N–C) groups is 1. The number of hydrogen-bond donors (Lipinski definition) is 2. The molecule has 0 amide bonds. The van der Waals surface area contributed by atoms with Gasteiger partial charge in [0.2, 0.25) is 0 Å². The van der Waals surface area contributed by atoms with Crippen molar-refractivity contribution in [3.63, 3.8) is 0 Å². The van der Waals surface area contributed by atoms with Gasteiger partial charge in [-0.3, -0.25) is 9.89 Å². The number of hydrogen-bond acceptors (Lipinski definition) is 5. The minimum absolute atomic E-state index is 0. The van der Waals surface area contributed by atoms with Crippen molar-refractivity contribution in [1.82, 2.24) is 15.5 Å². The van der Waals surface area contributed by atoms with E-state index in [1.807, 2.05) is 12.1 Å². The second-order valence-corrected chi connectivity index (χ2v) is 7.87. The highest BCUT2D eigenvalue weighted by molar-refractivity contribution is 14.0. The first-order valence-electron chi connectivity index (χ1n) is 9.36. The minimum atomic E-state index is 0. The second kappa shape index (κ2) is 12.9. The smallest absolute Gasteiger partial charge is 0.191 e. The van der Waals surface area contributed by atoms with E-state index in [9.17, 15) is 0 Å². The van der Waals surface area contributed by atoms with Crippen molar-refractivity contribution in [3.05, 3.63) is 24.2 Å². The van der Waals surface area contributed by atoms with E-state index in [4.69, 9.17) is 14.1 Å². The van der Waals surface area contributed by atoms with Gasteiger partial charge < -0.3 is 19.8 Å². The molecule has 0 saturated carbocycles. The van der Waals surface area contributed by atoms with E-state index in [0.29, 0.717) is 5.25 Å². The third-order valence-corrected chi connectivity index (χ3v) is 5.93. The highest BCUT2D eigenvalue weighted by Gasteiger charge is 2.15. The standard InChI is InChI=1S/C18H30N4O2S.HI/c1-3-16(24-11-1)5-6-19-18(21-15-17-4-2-14-25-17)20-7-8-22-9-12-23-13-10-22;/h1,3,11,17H,2,4-10,12-15H2,(H2,19,20,21);1H. The van der Waals surface area contributed by atoms with Crippen molar-refractivity contribution in [2.45, 2.75) is 24.5 Å². The predicted octanol–water partition coefficient (Wildman–Crippen LogP) is 2.20. The summed E-state index contributed by atoms with van der Waals surface area (Å²) in [6.45, 7) is 7.41. The molecule has 2 fully saturated rings. The van der Waals surface area contributed by atoms with Crippen LogP contribution in [0.25, 0.3) is 0 Å². The summed E-state index contributed by atoms with van der Waals surface area (Å²) in [5.74, 6) is 3.21. The molecule has 1 atom stereocenters. The fourth-order valence-corrected chi connectivity index (χ4v) is 4.25. The average molecular weight is 494 g/mol. The number of nitrogens with zero attached hydrogens (tertiary/aromatic N) is 2. The molecule has 1 unspecified atom stereocenters. The Morgan fingerprint density at radius 1 is 1.27 bits per heavy atom. The predicted molar refractivity (Wildman–Crippen MR) is 119 cm³/mol. The number of nitrogens with one attached hydrogen (secondary N) is 2. The number of ether oxygens (including phenoxy) is 1. The van der Waals surface area contributed by atoms with Gasteiger partial charge in [0.05, 0.1) is 26.0 Å². The molecule has 1 aromatic heterocycles. The zero-order valence-electron chi connectivity index (χ0n) is 15.3. The molecule has 3 rings (SSSR count). The summed E-state index contributed by atoms with van der Waals surface area (Å²) < 4.78 is 10.8. The van der Waals surface area contributed by atoms with Gasteiger partial charge in [-0.05, 0) is 30.7 Å². The molecule has 8 heteroatoms. The molecular weight excluding hydrogens is 463 g/mol. The lowest BCUT2D eigenvalue weighted by atomic mass is 10.2. The number of furan rings is 1. The number of halogens is 1. The number of thioether (sulfide) groups is 1. The van der Waals surface area contributed by atoms with Crippen LogP contribution >= 0.6 is 35.7 Å². The molecule has 6 nitrogen and oxygen atoms in total. The van der Waals surface area contributed by atoms with Gasteiger partial charge in [0.1, 0.15) is 5.76 Å². The van der Waals surface area contributed by atoms with Gasteiger partial charge in [0.25, 0.3) is 0 Å². The van der Waals surface area contributed by atoms with E-state index < -0.39 is 0 Å². The largest absolute Gasteiger partial charge is 0.469 e. The van der Waals surface area contributed by atoms with Crippen molar-refractivity contribution >= 4 is 41.7 Å². The Balaban J connectivity index is 0.00000243. The first-order valence-corrected chi connectivity index (χ1v) is 10.4. The van der Waals surface area contributed by atoms with Gasteiger partial charge in [0, 0.05) is 44.4 Å². The van der Waals surface area contributed by atoms with Gasteiger partial charge in [0.15, 0.2) is 5.96 Å². The zero-order chi connectivity index (χ0) is 17.2. The third kappa shape index (κ3) is 8.06. The van der Waals surface area contributed by atoms with Crippen LogP contribution in [-0.2, 0) is 11.2 Å². The highest BCUT2D eigenvalue weighted by Crippen LogP contribution is 2.25. The van der Waals surface area contributed by atoms with E-state index in [-0.39, 0.29) is 24.0 Å². The van der Waals surface area contributed by atoms with Crippen LogP contribution in [0.1, 0.15) is 18.6 Å². The fourth-order valence-electron chi connectivity index (χ4n) is 3.07. The molecule has 3 heterocycles. The number of guanidine groups is 1. The van der Waals surface area contributed by atoms with Crippen molar-refractivity contribution in [2.75, 3.05) is 58.2 Å². The van der Waals surface area contributed by atoms with Crippen molar-refractivity contribution in [3.8, 4) is 0 Å². The summed E-state index contributed by atoms with van der Waals surface area (Å²) in [5.41, 5.74) is 0. The molecule has 2 aliphatic heterocycles. The lowest BCUT2D eigenvalue weighted by Gasteiger charge is -2.26. The Hall–Kier alpha value is -0.450. The zero-order valence-corrected chi connectivity index (χ0v) is 18.5. The topological polar surface area (TPSA) is 62.0 Å². The van der Waals surface area contributed by atoms with Gasteiger partial charge in [-0.2, -0.15) is 11.8 Å². The summed E-state index contributed by atoms with van der Waals surface area (Å²) in [4.78, 5) is 7.24. The molecule has 0 spiro atoms. The molecular formula is C18H31IN4O2S. The molecule has 0 bridgehead atoms. The van der Waals surface area contributed by atoms with Crippen LogP contribution in [0.5, 0.6) is 0 Å². The molecule has 2 N–H and O–H groups in total. The van der Waals surface area contributed by atoms with Crippen LogP contribution in [0.3, 0.4) is 0 Å². The first-order chi connectivity index (χ1) is 12.4. The summed E-state index contributed by atoms with van der Waals surface area (Å²) in [6.07, 6.45) is 5.22. The molecule has 0 radical (unpaired) electrons. The van der Waals surface area contributed by atoms with Crippen molar-refractivity contribution < 1.29 is 9.15 Å². The van der Waals surface area contributed by atoms with Crippen molar-refractivity contribution in [1.29, 1.82) is 0 Å². The van der Waals surface area contributed by atoms with Crippen LogP contribution in [0, 0.1) is 0 Å². The van der Waals surface area contributed by atoms with E-state index in [1.165, 1.54) is 18.6 Å². The maximum Gasteiger partial charge on any atom is 0.191 e. The fraction of sp³-hybridized carbons (Fsp3) is 0.722. The average Bonchev–Trinajstić information content (AvgIpc) is 3.34. The number of morpholine rings is 1. The van der Waals surface area contributed by atoms with E-state index in [2.05, 4.69) is 27.3 Å². The maximum atomic E-state index is 5.40. The Labute approximate surface area is 177 Å². The molecule has 148 valence electrons. The van der Waals surface area contributed by atoms with Crippen LogP contribution in [0.2, 0.25) is 0 Å². The molecule has 26 heavy (non-hydrogen) atoms. The SMILES string of the molecule is I.c1coc(CCNC(=NCC2CCCS2)NCCN2CCOCC2)c1. The quantitative estimate of drug-likeness (QED) is 0.329. The Morgan fingerprint density at radius 3 is 2.85 bits per heavy atom. The van der Waals surface area contributed by atoms with E-state index in [0.717, 1.165) is 70.6 Å². The Bertz CT molecular complexity index is 503. The third-order valence-electron chi connectivity index (χ3n) is 4.55. The molecule has 0 aromatic carbocycles. The summed E-state index contributed by atoms with van der Waals surface area (Å²) in [5, 5.41) is 7.62. The van der Waals surface area contributed by atoms with E-state index >= 15 is 0 Å². The summed E-state index contributed by atoms with van der Waals surface area (Å²) in [7, 11) is 0. The van der Waals surface area contributed by atoms with Crippen LogP contribution in [-0.4, -0.2) is 74.3 Å². The van der Waals surface area contributed by atoms with Crippen LogP contribution in [0.4, 0.5) is 0 Å². The van der Waals surface area contributed by atoms with Gasteiger partial charge >= 0.3 is 0 Å². The Morgan fingerprint density at radius 2 is 2.12 bits per heavy atom. The first kappa shape index (κ1) is 21.8. The molecule has 0 aliphatic carbocycles. The number of rotatable bonds is 8. The highest BCUT2D eigenvalue weighted by atomic mass is 127.